The molecule has 0 aromatic carbocycles. The molecule has 0 heterocycles. The average Bonchev–Trinajstić information content (AvgIpc) is 2.37. The Kier molecular flexibility index (Phi) is 10.4. The Bertz CT molecular complexity index is 252. The Morgan fingerprint density at radius 1 is 0.773 bits per heavy atom. The molecule has 6 nitrogen and oxygen atoms in total. The predicted octanol–water partition coefficient (Wildman–Crippen LogP) is 1.54. The highest BCUT2D eigenvalue weighted by atomic mass is 16.6. The van der Waals surface area contributed by atoms with Crippen molar-refractivity contribution >= 4 is 0 Å². The smallest absolute Gasteiger partial charge is 0.162 e. The van der Waals surface area contributed by atoms with E-state index in [1.807, 2.05) is 13.8 Å². The lowest BCUT2D eigenvalue weighted by Crippen LogP contribution is -2.34. The van der Waals surface area contributed by atoms with Gasteiger partial charge >= 0.3 is 0 Å². The molecule has 6 heteroatoms. The van der Waals surface area contributed by atoms with Crippen molar-refractivity contribution < 1.29 is 29.9 Å². The maximum Gasteiger partial charge on any atom is 0.162 e. The van der Waals surface area contributed by atoms with Crippen LogP contribution in [0.3, 0.4) is 0 Å². The van der Waals surface area contributed by atoms with Crippen molar-refractivity contribution in [1.82, 2.24) is 0 Å². The van der Waals surface area contributed by atoms with E-state index in [0.29, 0.717) is 12.8 Å². The first-order valence-corrected chi connectivity index (χ1v) is 8.22. The fourth-order valence-corrected chi connectivity index (χ4v) is 2.26. The second-order valence-electron chi connectivity index (χ2n) is 6.26. The molecule has 4 unspecified atom stereocenters. The van der Waals surface area contributed by atoms with Gasteiger partial charge in [0.15, 0.2) is 11.6 Å². The summed E-state index contributed by atoms with van der Waals surface area (Å²) in [5.74, 6) is -2.39. The third-order valence-electron chi connectivity index (χ3n) is 3.53. The van der Waals surface area contributed by atoms with E-state index in [4.69, 9.17) is 9.47 Å². The molecule has 22 heavy (non-hydrogen) atoms. The molecule has 0 aromatic heterocycles. The number of aliphatic hydroxyl groups is 4. The first-order valence-electron chi connectivity index (χ1n) is 8.22. The van der Waals surface area contributed by atoms with E-state index in [9.17, 15) is 20.4 Å². The standard InChI is InChI=1S/C16H34O6/c1-5-9-15(3,19)21-11-7-13(17)14(18)8-12-22-16(4,20)10-6-2/h13-14,17-20H,5-12H2,1-4H3. The molecule has 0 saturated heterocycles. The summed E-state index contributed by atoms with van der Waals surface area (Å²) >= 11 is 0. The third kappa shape index (κ3) is 10.5. The molecule has 4 atom stereocenters. The van der Waals surface area contributed by atoms with Gasteiger partial charge in [0.25, 0.3) is 0 Å². The fraction of sp³-hybridized carbons (Fsp3) is 1.00. The summed E-state index contributed by atoms with van der Waals surface area (Å²) in [6.07, 6.45) is 1.20. The Balaban J connectivity index is 3.90. The van der Waals surface area contributed by atoms with Gasteiger partial charge < -0.3 is 29.9 Å². The first-order chi connectivity index (χ1) is 10.1. The summed E-state index contributed by atoms with van der Waals surface area (Å²) in [6, 6.07) is 0. The van der Waals surface area contributed by atoms with Crippen LogP contribution >= 0.6 is 0 Å². The van der Waals surface area contributed by atoms with Gasteiger partial charge in [0, 0.05) is 12.8 Å². The lowest BCUT2D eigenvalue weighted by Gasteiger charge is -2.26. The number of rotatable bonds is 13. The molecule has 0 rings (SSSR count). The van der Waals surface area contributed by atoms with E-state index in [1.165, 1.54) is 0 Å². The lowest BCUT2D eigenvalue weighted by molar-refractivity contribution is -0.204. The predicted molar refractivity (Wildman–Crippen MR) is 84.2 cm³/mol. The molecule has 0 bridgehead atoms. The molecular weight excluding hydrogens is 288 g/mol. The highest BCUT2D eigenvalue weighted by Gasteiger charge is 2.23. The van der Waals surface area contributed by atoms with Gasteiger partial charge in [-0.1, -0.05) is 26.7 Å². The zero-order chi connectivity index (χ0) is 17.2. The van der Waals surface area contributed by atoms with Crippen LogP contribution in [0.2, 0.25) is 0 Å². The van der Waals surface area contributed by atoms with Crippen LogP contribution in [-0.2, 0) is 9.47 Å². The molecule has 0 fully saturated rings. The lowest BCUT2D eigenvalue weighted by atomic mass is 10.1. The molecule has 0 aromatic rings. The van der Waals surface area contributed by atoms with Crippen LogP contribution in [0.1, 0.15) is 66.2 Å². The zero-order valence-corrected chi connectivity index (χ0v) is 14.4. The number of ether oxygens (including phenoxy) is 2. The van der Waals surface area contributed by atoms with Gasteiger partial charge in [-0.25, -0.2) is 0 Å². The molecule has 0 saturated carbocycles. The van der Waals surface area contributed by atoms with Gasteiger partial charge in [-0.3, -0.25) is 0 Å². The SMILES string of the molecule is CCCC(C)(O)OCCC(O)C(O)CCOC(C)(O)CCC. The minimum atomic E-state index is -1.19. The summed E-state index contributed by atoms with van der Waals surface area (Å²) in [4.78, 5) is 0. The van der Waals surface area contributed by atoms with Crippen molar-refractivity contribution in [3.8, 4) is 0 Å². The second-order valence-corrected chi connectivity index (χ2v) is 6.26. The van der Waals surface area contributed by atoms with Gasteiger partial charge in [-0.2, -0.15) is 0 Å². The van der Waals surface area contributed by atoms with E-state index < -0.39 is 23.8 Å². The van der Waals surface area contributed by atoms with Crippen LogP contribution < -0.4 is 0 Å². The molecule has 4 N–H and O–H groups in total. The summed E-state index contributed by atoms with van der Waals surface area (Å²) in [5.41, 5.74) is 0. The van der Waals surface area contributed by atoms with E-state index in [1.54, 1.807) is 13.8 Å². The van der Waals surface area contributed by atoms with Crippen LogP contribution in [-0.4, -0.2) is 57.4 Å². The molecule has 0 amide bonds. The zero-order valence-electron chi connectivity index (χ0n) is 14.4. The minimum Gasteiger partial charge on any atom is -0.390 e. The van der Waals surface area contributed by atoms with E-state index in [2.05, 4.69) is 0 Å². The highest BCUT2D eigenvalue weighted by Crippen LogP contribution is 2.16. The molecule has 134 valence electrons. The molecule has 0 radical (unpaired) electrons. The van der Waals surface area contributed by atoms with Crippen LogP contribution in [0.4, 0.5) is 0 Å². The number of aliphatic hydroxyl groups excluding tert-OH is 2. The minimum absolute atomic E-state index is 0.166. The Hall–Kier alpha value is -0.240. The van der Waals surface area contributed by atoms with Gasteiger partial charge in [0.05, 0.1) is 25.4 Å². The van der Waals surface area contributed by atoms with Crippen molar-refractivity contribution in [3.63, 3.8) is 0 Å². The van der Waals surface area contributed by atoms with Crippen LogP contribution in [0.25, 0.3) is 0 Å². The van der Waals surface area contributed by atoms with Gasteiger partial charge in [0.1, 0.15) is 0 Å². The largest absolute Gasteiger partial charge is 0.390 e. The van der Waals surface area contributed by atoms with Crippen molar-refractivity contribution in [1.29, 1.82) is 0 Å². The Labute approximate surface area is 134 Å². The van der Waals surface area contributed by atoms with Crippen molar-refractivity contribution in [3.05, 3.63) is 0 Å². The second kappa shape index (κ2) is 10.5. The summed E-state index contributed by atoms with van der Waals surface area (Å²) < 4.78 is 10.6. The Morgan fingerprint density at radius 3 is 1.36 bits per heavy atom. The number of hydrogen-bond donors (Lipinski definition) is 4. The van der Waals surface area contributed by atoms with E-state index in [0.717, 1.165) is 12.8 Å². The average molecular weight is 322 g/mol. The monoisotopic (exact) mass is 322 g/mol. The van der Waals surface area contributed by atoms with E-state index in [-0.39, 0.29) is 26.1 Å². The summed E-state index contributed by atoms with van der Waals surface area (Å²) in [6.45, 7) is 7.40. The van der Waals surface area contributed by atoms with Gasteiger partial charge in [-0.15, -0.1) is 0 Å². The molecule has 0 aliphatic heterocycles. The van der Waals surface area contributed by atoms with Crippen molar-refractivity contribution in [2.75, 3.05) is 13.2 Å². The Morgan fingerprint density at radius 2 is 1.09 bits per heavy atom. The maximum atomic E-state index is 9.85. The van der Waals surface area contributed by atoms with Crippen LogP contribution in [0.5, 0.6) is 0 Å². The fourth-order valence-electron chi connectivity index (χ4n) is 2.26. The number of hydrogen-bond acceptors (Lipinski definition) is 6. The van der Waals surface area contributed by atoms with Crippen molar-refractivity contribution in [2.45, 2.75) is 90.0 Å². The normalized spacial score (nSPS) is 20.2. The topological polar surface area (TPSA) is 99.4 Å². The molecule has 0 spiro atoms. The maximum absolute atomic E-state index is 9.85. The summed E-state index contributed by atoms with van der Waals surface area (Å²) in [7, 11) is 0. The van der Waals surface area contributed by atoms with Crippen molar-refractivity contribution in [2.24, 2.45) is 0 Å². The molecule has 0 aliphatic rings. The van der Waals surface area contributed by atoms with Gasteiger partial charge in [0.2, 0.25) is 0 Å². The molecule has 0 aliphatic carbocycles. The summed E-state index contributed by atoms with van der Waals surface area (Å²) in [5, 5.41) is 39.4. The van der Waals surface area contributed by atoms with Crippen LogP contribution in [0.15, 0.2) is 0 Å². The first kappa shape index (κ1) is 21.8. The quantitative estimate of drug-likeness (QED) is 0.384. The third-order valence-corrected chi connectivity index (χ3v) is 3.53. The highest BCUT2D eigenvalue weighted by molar-refractivity contribution is 4.69. The van der Waals surface area contributed by atoms with Gasteiger partial charge in [-0.05, 0) is 26.7 Å². The van der Waals surface area contributed by atoms with Crippen LogP contribution in [0, 0.1) is 0 Å². The van der Waals surface area contributed by atoms with E-state index >= 15 is 0 Å². The molecular formula is C16H34O6.